The molecule has 0 bridgehead atoms. The highest BCUT2D eigenvalue weighted by Crippen LogP contribution is 2.27. The Balaban J connectivity index is 1.42. The van der Waals surface area contributed by atoms with E-state index in [1.807, 2.05) is 54.6 Å². The van der Waals surface area contributed by atoms with Gasteiger partial charge in [-0.15, -0.1) is 0 Å². The summed E-state index contributed by atoms with van der Waals surface area (Å²) in [5, 5.41) is 2.79. The van der Waals surface area contributed by atoms with Crippen LogP contribution in [0.2, 0.25) is 0 Å². The summed E-state index contributed by atoms with van der Waals surface area (Å²) in [4.78, 5) is 27.4. The van der Waals surface area contributed by atoms with Crippen LogP contribution in [0, 0.1) is 0 Å². The molecule has 1 atom stereocenters. The molecule has 2 N–H and O–H groups in total. The Morgan fingerprint density at radius 2 is 1.81 bits per heavy atom. The van der Waals surface area contributed by atoms with Gasteiger partial charge in [0.05, 0.1) is 6.54 Å². The highest BCUT2D eigenvalue weighted by Gasteiger charge is 2.23. The number of aromatic nitrogens is 1. The summed E-state index contributed by atoms with van der Waals surface area (Å²) in [6.45, 7) is 0.355. The molecule has 1 aromatic heterocycles. The lowest BCUT2D eigenvalue weighted by molar-refractivity contribution is 0.0932. The molecule has 2 heterocycles. The number of hydrogen-bond donors (Lipinski definition) is 2. The van der Waals surface area contributed by atoms with Gasteiger partial charge in [0.1, 0.15) is 17.4 Å². The molecular weight excluding hydrogens is 328 g/mol. The van der Waals surface area contributed by atoms with E-state index < -0.39 is 11.5 Å². The van der Waals surface area contributed by atoms with Gasteiger partial charge in [-0.3, -0.25) is 9.59 Å². The number of ether oxygens (including phenoxy) is 1. The monoisotopic (exact) mass is 346 g/mol. The highest BCUT2D eigenvalue weighted by molar-refractivity contribution is 5.94. The van der Waals surface area contributed by atoms with Crippen LogP contribution in [0.5, 0.6) is 5.75 Å². The van der Waals surface area contributed by atoms with Crippen molar-refractivity contribution < 1.29 is 9.53 Å². The average molecular weight is 346 g/mol. The molecule has 0 spiro atoms. The number of carbonyl (C=O) groups excluding carboxylic acids is 1. The Morgan fingerprint density at radius 3 is 2.58 bits per heavy atom. The Labute approximate surface area is 150 Å². The Morgan fingerprint density at radius 1 is 1.04 bits per heavy atom. The molecule has 0 unspecified atom stereocenters. The second kappa shape index (κ2) is 6.88. The number of hydrogen-bond acceptors (Lipinski definition) is 3. The summed E-state index contributed by atoms with van der Waals surface area (Å²) in [6.07, 6.45) is 0.638. The normalized spacial score (nSPS) is 15.2. The first-order valence-electron chi connectivity index (χ1n) is 8.52. The molecule has 0 saturated carbocycles. The van der Waals surface area contributed by atoms with E-state index in [1.54, 1.807) is 12.1 Å². The molecule has 26 heavy (non-hydrogen) atoms. The maximum absolute atomic E-state index is 12.4. The average Bonchev–Trinajstić information content (AvgIpc) is 3.10. The highest BCUT2D eigenvalue weighted by atomic mass is 16.5. The lowest BCUT2D eigenvalue weighted by atomic mass is 10.1. The van der Waals surface area contributed by atoms with Gasteiger partial charge >= 0.3 is 0 Å². The first-order valence-corrected chi connectivity index (χ1v) is 8.52. The lowest BCUT2D eigenvalue weighted by Gasteiger charge is -2.12. The van der Waals surface area contributed by atoms with Crippen LogP contribution in [0.3, 0.4) is 0 Å². The van der Waals surface area contributed by atoms with Gasteiger partial charge in [-0.2, -0.15) is 0 Å². The molecule has 1 amide bonds. The molecule has 0 saturated heterocycles. The second-order valence-electron chi connectivity index (χ2n) is 6.24. The molecule has 0 fully saturated rings. The molecular formula is C21H18N2O3. The minimum atomic E-state index is -0.403. The molecule has 1 aliphatic rings. The van der Waals surface area contributed by atoms with E-state index in [9.17, 15) is 9.59 Å². The first-order chi connectivity index (χ1) is 12.7. The number of nitrogens with one attached hydrogen (secondary N) is 2. The van der Waals surface area contributed by atoms with Crippen LogP contribution >= 0.6 is 0 Å². The summed E-state index contributed by atoms with van der Waals surface area (Å²) < 4.78 is 5.80. The number of aromatic amines is 1. The van der Waals surface area contributed by atoms with Gasteiger partial charge in [-0.25, -0.2) is 0 Å². The zero-order valence-corrected chi connectivity index (χ0v) is 14.1. The van der Waals surface area contributed by atoms with E-state index in [4.69, 9.17) is 4.74 Å². The van der Waals surface area contributed by atoms with Gasteiger partial charge in [0.2, 0.25) is 0 Å². The number of rotatable bonds is 4. The van der Waals surface area contributed by atoms with E-state index in [0.29, 0.717) is 12.2 Å². The topological polar surface area (TPSA) is 71.2 Å². The van der Waals surface area contributed by atoms with Crippen LogP contribution in [0.15, 0.2) is 71.5 Å². The van der Waals surface area contributed by atoms with Crippen LogP contribution in [0.4, 0.5) is 0 Å². The fraction of sp³-hybridized carbons (Fsp3) is 0.143. The van der Waals surface area contributed by atoms with Crippen LogP contribution in [0.25, 0.3) is 11.3 Å². The Kier molecular flexibility index (Phi) is 4.27. The minimum Gasteiger partial charge on any atom is -0.488 e. The van der Waals surface area contributed by atoms with Crippen molar-refractivity contribution in [2.24, 2.45) is 0 Å². The Hall–Kier alpha value is -3.34. The minimum absolute atomic E-state index is 0.0974. The van der Waals surface area contributed by atoms with Gasteiger partial charge in [-0.1, -0.05) is 48.5 Å². The molecule has 1 aliphatic heterocycles. The molecule has 4 rings (SSSR count). The van der Waals surface area contributed by atoms with Crippen molar-refractivity contribution in [3.8, 4) is 17.0 Å². The van der Waals surface area contributed by atoms with Crippen molar-refractivity contribution in [1.82, 2.24) is 10.3 Å². The molecule has 5 heteroatoms. The first kappa shape index (κ1) is 16.1. The summed E-state index contributed by atoms with van der Waals surface area (Å²) in [5.41, 5.74) is 2.41. The number of H-pyrrole nitrogens is 1. The lowest BCUT2D eigenvalue weighted by Crippen LogP contribution is -2.36. The van der Waals surface area contributed by atoms with Gasteiger partial charge in [0, 0.05) is 12.1 Å². The third-order valence-electron chi connectivity index (χ3n) is 4.44. The summed E-state index contributed by atoms with van der Waals surface area (Å²) in [7, 11) is 0. The summed E-state index contributed by atoms with van der Waals surface area (Å²) >= 11 is 0. The van der Waals surface area contributed by atoms with E-state index in [-0.39, 0.29) is 11.7 Å². The summed E-state index contributed by atoms with van der Waals surface area (Å²) in [5.74, 6) is 0.460. The van der Waals surface area contributed by atoms with Crippen LogP contribution < -0.4 is 15.6 Å². The van der Waals surface area contributed by atoms with Gasteiger partial charge in [-0.05, 0) is 29.3 Å². The third-order valence-corrected chi connectivity index (χ3v) is 4.44. The zero-order chi connectivity index (χ0) is 17.9. The van der Waals surface area contributed by atoms with Gasteiger partial charge in [0.25, 0.3) is 11.5 Å². The standard InChI is InChI=1S/C21H18N2O3/c24-20(22-13-16-12-15-8-4-5-9-19(15)26-16)17-10-11-18(23-21(17)25)14-6-2-1-3-7-14/h1-11,16H,12-13H2,(H,22,24)(H,23,25)/t16-/m0/s1. The fourth-order valence-corrected chi connectivity index (χ4v) is 3.11. The molecule has 0 radical (unpaired) electrons. The van der Waals surface area contributed by atoms with Crippen molar-refractivity contribution in [1.29, 1.82) is 0 Å². The Bertz CT molecular complexity index is 970. The van der Waals surface area contributed by atoms with Crippen molar-refractivity contribution in [2.45, 2.75) is 12.5 Å². The number of benzene rings is 2. The number of amides is 1. The van der Waals surface area contributed by atoms with Crippen LogP contribution in [-0.4, -0.2) is 23.5 Å². The molecule has 5 nitrogen and oxygen atoms in total. The van der Waals surface area contributed by atoms with Gasteiger partial charge < -0.3 is 15.0 Å². The molecule has 3 aromatic rings. The van der Waals surface area contributed by atoms with E-state index >= 15 is 0 Å². The summed E-state index contributed by atoms with van der Waals surface area (Å²) in [6, 6.07) is 20.6. The quantitative estimate of drug-likeness (QED) is 0.763. The largest absolute Gasteiger partial charge is 0.488 e. The van der Waals surface area contributed by atoms with Crippen molar-refractivity contribution in [3.05, 3.63) is 88.2 Å². The molecule has 0 aliphatic carbocycles. The number of para-hydroxylation sites is 1. The van der Waals surface area contributed by atoms with Crippen molar-refractivity contribution >= 4 is 5.91 Å². The number of fused-ring (bicyclic) bond motifs is 1. The smallest absolute Gasteiger partial charge is 0.261 e. The molecule has 2 aromatic carbocycles. The van der Waals surface area contributed by atoms with Crippen molar-refractivity contribution in [3.63, 3.8) is 0 Å². The molecule has 130 valence electrons. The SMILES string of the molecule is O=C(NC[C@@H]1Cc2ccccc2O1)c1ccc(-c2ccccc2)[nH]c1=O. The zero-order valence-electron chi connectivity index (χ0n) is 14.1. The van der Waals surface area contributed by atoms with Crippen molar-refractivity contribution in [2.75, 3.05) is 6.54 Å². The van der Waals surface area contributed by atoms with Gasteiger partial charge in [0.15, 0.2) is 0 Å². The predicted octanol–water partition coefficient (Wildman–Crippen LogP) is 2.78. The third kappa shape index (κ3) is 3.24. The van der Waals surface area contributed by atoms with E-state index in [1.165, 1.54) is 0 Å². The van der Waals surface area contributed by atoms with E-state index in [0.717, 1.165) is 23.3 Å². The maximum Gasteiger partial charge on any atom is 0.261 e. The predicted molar refractivity (Wildman–Crippen MR) is 99.4 cm³/mol. The number of pyridine rings is 1. The fourth-order valence-electron chi connectivity index (χ4n) is 3.11. The van der Waals surface area contributed by atoms with E-state index in [2.05, 4.69) is 10.3 Å². The van der Waals surface area contributed by atoms with Crippen LogP contribution in [-0.2, 0) is 6.42 Å². The second-order valence-corrected chi connectivity index (χ2v) is 6.24. The number of carbonyl (C=O) groups is 1. The maximum atomic E-state index is 12.4. The van der Waals surface area contributed by atoms with Crippen LogP contribution in [0.1, 0.15) is 15.9 Å².